The topological polar surface area (TPSA) is 9.23 Å². The summed E-state index contributed by atoms with van der Waals surface area (Å²) in [4.78, 5) is 0. The number of ether oxygens (including phenoxy) is 1. The molecule has 0 saturated carbocycles. The molecule has 0 saturated heterocycles. The fourth-order valence-electron chi connectivity index (χ4n) is 1.60. The summed E-state index contributed by atoms with van der Waals surface area (Å²) in [6.07, 6.45) is 1.75. The molecule has 0 bridgehead atoms. The molecule has 0 atom stereocenters. The van der Waals surface area contributed by atoms with E-state index in [0.29, 0.717) is 6.61 Å². The van der Waals surface area contributed by atoms with Crippen molar-refractivity contribution in [1.29, 1.82) is 0 Å². The van der Waals surface area contributed by atoms with Crippen LogP contribution in [0.3, 0.4) is 0 Å². The molecule has 0 radical (unpaired) electrons. The Morgan fingerprint density at radius 1 is 0.938 bits per heavy atom. The second kappa shape index (κ2) is 5.17. The maximum Gasteiger partial charge on any atom is 0.127 e. The Morgan fingerprint density at radius 3 is 2.38 bits per heavy atom. The van der Waals surface area contributed by atoms with Gasteiger partial charge in [-0.3, -0.25) is 0 Å². The van der Waals surface area contributed by atoms with Crippen LogP contribution < -0.4 is 4.74 Å². The van der Waals surface area contributed by atoms with Gasteiger partial charge in [0.25, 0.3) is 0 Å². The zero-order valence-electron chi connectivity index (χ0n) is 9.10. The molecule has 2 rings (SSSR count). The quantitative estimate of drug-likeness (QED) is 0.695. The predicted molar refractivity (Wildman–Crippen MR) is 67.6 cm³/mol. The van der Waals surface area contributed by atoms with Crippen LogP contribution in [0.25, 0.3) is 11.1 Å². The van der Waals surface area contributed by atoms with Crippen LogP contribution >= 0.6 is 0 Å². The van der Waals surface area contributed by atoms with Crippen molar-refractivity contribution < 1.29 is 4.74 Å². The molecule has 0 aromatic heterocycles. The van der Waals surface area contributed by atoms with Crippen molar-refractivity contribution >= 4 is 0 Å². The number of benzene rings is 2. The van der Waals surface area contributed by atoms with E-state index in [9.17, 15) is 0 Å². The maximum atomic E-state index is 5.62. The van der Waals surface area contributed by atoms with Gasteiger partial charge in [0.15, 0.2) is 0 Å². The Morgan fingerprint density at radius 2 is 1.62 bits per heavy atom. The molecule has 0 N–H and O–H groups in total. The molecule has 80 valence electrons. The van der Waals surface area contributed by atoms with Gasteiger partial charge in [0.05, 0.1) is 0 Å². The van der Waals surface area contributed by atoms with Crippen LogP contribution in [-0.4, -0.2) is 6.61 Å². The summed E-state index contributed by atoms with van der Waals surface area (Å²) < 4.78 is 5.62. The maximum absolute atomic E-state index is 5.62. The van der Waals surface area contributed by atoms with E-state index in [1.807, 2.05) is 36.4 Å². The van der Waals surface area contributed by atoms with Gasteiger partial charge in [-0.25, -0.2) is 0 Å². The minimum Gasteiger partial charge on any atom is -0.489 e. The van der Waals surface area contributed by atoms with E-state index >= 15 is 0 Å². The summed E-state index contributed by atoms with van der Waals surface area (Å²) in [5, 5.41) is 0. The third kappa shape index (κ3) is 2.31. The lowest BCUT2D eigenvalue weighted by Gasteiger charge is -2.09. The standard InChI is InChI=1S/C15H14O/c1-2-12-16-15-11-7-6-10-14(15)13-8-4-3-5-9-13/h2-11H,1,12H2. The Bertz CT molecular complexity index is 460. The van der Waals surface area contributed by atoms with Crippen molar-refractivity contribution in [2.24, 2.45) is 0 Å². The van der Waals surface area contributed by atoms with Gasteiger partial charge in [-0.15, -0.1) is 0 Å². The zero-order valence-corrected chi connectivity index (χ0v) is 9.10. The van der Waals surface area contributed by atoms with Crippen LogP contribution in [0.5, 0.6) is 5.75 Å². The molecule has 2 aromatic rings. The van der Waals surface area contributed by atoms with Gasteiger partial charge in [-0.05, 0) is 11.6 Å². The molecule has 0 heterocycles. The summed E-state index contributed by atoms with van der Waals surface area (Å²) in [6, 6.07) is 18.3. The third-order valence-electron chi connectivity index (χ3n) is 2.33. The molecule has 0 fully saturated rings. The molecule has 2 aromatic carbocycles. The highest BCUT2D eigenvalue weighted by molar-refractivity contribution is 5.70. The zero-order chi connectivity index (χ0) is 11.2. The van der Waals surface area contributed by atoms with E-state index in [4.69, 9.17) is 4.74 Å². The highest BCUT2D eigenvalue weighted by Gasteiger charge is 2.03. The van der Waals surface area contributed by atoms with Gasteiger partial charge >= 0.3 is 0 Å². The highest BCUT2D eigenvalue weighted by atomic mass is 16.5. The molecule has 0 amide bonds. The minimum atomic E-state index is 0.532. The van der Waals surface area contributed by atoms with Gasteiger partial charge < -0.3 is 4.74 Å². The lowest BCUT2D eigenvalue weighted by molar-refractivity contribution is 0.365. The highest BCUT2D eigenvalue weighted by Crippen LogP contribution is 2.29. The number of hydrogen-bond donors (Lipinski definition) is 0. The van der Waals surface area contributed by atoms with E-state index in [1.165, 1.54) is 5.56 Å². The van der Waals surface area contributed by atoms with E-state index in [-0.39, 0.29) is 0 Å². The van der Waals surface area contributed by atoms with Gasteiger partial charge in [0.2, 0.25) is 0 Å². The van der Waals surface area contributed by atoms with E-state index in [0.717, 1.165) is 11.3 Å². The fraction of sp³-hybridized carbons (Fsp3) is 0.0667. The minimum absolute atomic E-state index is 0.532. The van der Waals surface area contributed by atoms with Crippen molar-refractivity contribution in [2.45, 2.75) is 0 Å². The first-order chi connectivity index (χ1) is 7.92. The van der Waals surface area contributed by atoms with Gasteiger partial charge in [0, 0.05) is 5.56 Å². The Labute approximate surface area is 96.0 Å². The average Bonchev–Trinajstić information content (AvgIpc) is 2.38. The molecular formula is C15H14O. The van der Waals surface area contributed by atoms with Gasteiger partial charge in [-0.1, -0.05) is 61.2 Å². The Kier molecular flexibility index (Phi) is 3.39. The smallest absolute Gasteiger partial charge is 0.127 e. The first-order valence-corrected chi connectivity index (χ1v) is 5.30. The third-order valence-corrected chi connectivity index (χ3v) is 2.33. The molecule has 1 nitrogen and oxygen atoms in total. The largest absolute Gasteiger partial charge is 0.489 e. The van der Waals surface area contributed by atoms with Crippen LogP contribution in [0.4, 0.5) is 0 Å². The molecule has 0 aliphatic rings. The second-order valence-corrected chi connectivity index (χ2v) is 3.46. The van der Waals surface area contributed by atoms with E-state index in [1.54, 1.807) is 6.08 Å². The summed E-state index contributed by atoms with van der Waals surface area (Å²) >= 11 is 0. The van der Waals surface area contributed by atoms with Crippen LogP contribution in [0.1, 0.15) is 0 Å². The normalized spacial score (nSPS) is 9.75. The fourth-order valence-corrected chi connectivity index (χ4v) is 1.60. The molecule has 1 heteroatoms. The number of rotatable bonds is 4. The molecule has 16 heavy (non-hydrogen) atoms. The lowest BCUT2D eigenvalue weighted by atomic mass is 10.1. The van der Waals surface area contributed by atoms with E-state index in [2.05, 4.69) is 24.8 Å². The summed E-state index contributed by atoms with van der Waals surface area (Å²) in [7, 11) is 0. The Hall–Kier alpha value is -2.02. The monoisotopic (exact) mass is 210 g/mol. The number of para-hydroxylation sites is 1. The summed E-state index contributed by atoms with van der Waals surface area (Å²) in [5.74, 6) is 0.897. The van der Waals surface area contributed by atoms with Crippen molar-refractivity contribution in [3.63, 3.8) is 0 Å². The molecule has 0 aliphatic carbocycles. The average molecular weight is 210 g/mol. The molecule has 0 spiro atoms. The van der Waals surface area contributed by atoms with Crippen molar-refractivity contribution in [2.75, 3.05) is 6.61 Å². The predicted octanol–water partition coefficient (Wildman–Crippen LogP) is 3.92. The van der Waals surface area contributed by atoms with Gasteiger partial charge in [-0.2, -0.15) is 0 Å². The van der Waals surface area contributed by atoms with Crippen LogP contribution in [-0.2, 0) is 0 Å². The summed E-state index contributed by atoms with van der Waals surface area (Å²) in [6.45, 7) is 4.18. The molecular weight excluding hydrogens is 196 g/mol. The molecule has 0 unspecified atom stereocenters. The Balaban J connectivity index is 2.36. The van der Waals surface area contributed by atoms with Crippen molar-refractivity contribution in [1.82, 2.24) is 0 Å². The summed E-state index contributed by atoms with van der Waals surface area (Å²) in [5.41, 5.74) is 2.28. The lowest BCUT2D eigenvalue weighted by Crippen LogP contribution is -1.94. The van der Waals surface area contributed by atoms with Crippen LogP contribution in [0.2, 0.25) is 0 Å². The van der Waals surface area contributed by atoms with Crippen molar-refractivity contribution in [3.05, 3.63) is 67.3 Å². The first kappa shape index (κ1) is 10.5. The molecule has 0 aliphatic heterocycles. The first-order valence-electron chi connectivity index (χ1n) is 5.30. The van der Waals surface area contributed by atoms with E-state index < -0.39 is 0 Å². The SMILES string of the molecule is C=CCOc1ccccc1-c1ccccc1. The van der Waals surface area contributed by atoms with Gasteiger partial charge in [0.1, 0.15) is 12.4 Å². The van der Waals surface area contributed by atoms with Crippen molar-refractivity contribution in [3.8, 4) is 16.9 Å². The second-order valence-electron chi connectivity index (χ2n) is 3.46. The van der Waals surface area contributed by atoms with Crippen LogP contribution in [0, 0.1) is 0 Å². The van der Waals surface area contributed by atoms with Crippen LogP contribution in [0.15, 0.2) is 67.3 Å². The number of hydrogen-bond acceptors (Lipinski definition) is 1.